The number of hydrogen-bond acceptors (Lipinski definition) is 4. The summed E-state index contributed by atoms with van der Waals surface area (Å²) >= 11 is 0. The summed E-state index contributed by atoms with van der Waals surface area (Å²) in [5, 5.41) is 20.5. The molecule has 1 N–H and O–H groups in total. The molecule has 0 aromatic heterocycles. The third-order valence-corrected chi connectivity index (χ3v) is 2.81. The fourth-order valence-electron chi connectivity index (χ4n) is 2.00. The molecule has 0 bridgehead atoms. The van der Waals surface area contributed by atoms with Gasteiger partial charge in [0.2, 0.25) is 5.91 Å². The number of nitrogens with zero attached hydrogens (tertiary/aromatic N) is 3. The van der Waals surface area contributed by atoms with E-state index in [4.69, 9.17) is 10.5 Å². The zero-order valence-corrected chi connectivity index (χ0v) is 9.44. The third kappa shape index (κ3) is 3.22. The molecule has 1 aliphatic rings. The van der Waals surface area contributed by atoms with Gasteiger partial charge in [0.05, 0.1) is 12.1 Å². The number of rotatable bonds is 3. The van der Waals surface area contributed by atoms with Gasteiger partial charge in [0.25, 0.3) is 0 Å². The molecular formula is C11H16N4O. The summed E-state index contributed by atoms with van der Waals surface area (Å²) in [7, 11) is 0. The molecule has 1 rings (SSSR count). The van der Waals surface area contributed by atoms with Crippen molar-refractivity contribution in [3.63, 3.8) is 0 Å². The highest BCUT2D eigenvalue weighted by atomic mass is 16.2. The topological polar surface area (TPSA) is 79.9 Å². The van der Waals surface area contributed by atoms with Gasteiger partial charge in [-0.2, -0.15) is 10.5 Å². The highest BCUT2D eigenvalue weighted by Crippen LogP contribution is 2.18. The first kappa shape index (κ1) is 12.5. The maximum Gasteiger partial charge on any atom is 0.227 e. The Bertz CT molecular complexity index is 312. The summed E-state index contributed by atoms with van der Waals surface area (Å²) < 4.78 is 0. The van der Waals surface area contributed by atoms with Gasteiger partial charge in [-0.1, -0.05) is 0 Å². The second-order valence-corrected chi connectivity index (χ2v) is 4.09. The molecule has 1 amide bonds. The predicted octanol–water partition coefficient (Wildman–Crippen LogP) is 0.250. The van der Waals surface area contributed by atoms with E-state index in [9.17, 15) is 4.79 Å². The highest BCUT2D eigenvalue weighted by molar-refractivity contribution is 5.79. The van der Waals surface area contributed by atoms with Gasteiger partial charge in [0.15, 0.2) is 0 Å². The van der Waals surface area contributed by atoms with Crippen LogP contribution in [-0.4, -0.2) is 36.5 Å². The van der Waals surface area contributed by atoms with Gasteiger partial charge in [-0.3, -0.25) is 4.79 Å². The molecule has 1 saturated heterocycles. The van der Waals surface area contributed by atoms with E-state index in [1.807, 2.05) is 19.1 Å². The largest absolute Gasteiger partial charge is 0.316 e. The van der Waals surface area contributed by atoms with Crippen LogP contribution in [0.4, 0.5) is 0 Å². The van der Waals surface area contributed by atoms with Crippen LogP contribution in [0.2, 0.25) is 0 Å². The molecule has 5 nitrogen and oxygen atoms in total. The van der Waals surface area contributed by atoms with Crippen molar-refractivity contribution in [2.45, 2.75) is 25.8 Å². The minimum Gasteiger partial charge on any atom is -0.316 e. The Kier molecular flexibility index (Phi) is 4.75. The number of hydrogen-bond donors (Lipinski definition) is 1. The van der Waals surface area contributed by atoms with Crippen LogP contribution in [0, 0.1) is 28.6 Å². The first-order chi connectivity index (χ1) is 7.69. The molecule has 2 unspecified atom stereocenters. The zero-order chi connectivity index (χ0) is 12.0. The van der Waals surface area contributed by atoms with E-state index >= 15 is 0 Å². The van der Waals surface area contributed by atoms with Crippen LogP contribution in [0.5, 0.6) is 0 Å². The smallest absolute Gasteiger partial charge is 0.227 e. The van der Waals surface area contributed by atoms with Gasteiger partial charge >= 0.3 is 0 Å². The van der Waals surface area contributed by atoms with E-state index in [2.05, 4.69) is 5.32 Å². The summed E-state index contributed by atoms with van der Waals surface area (Å²) in [5.74, 6) is -0.102. The molecule has 0 aromatic carbocycles. The molecule has 2 atom stereocenters. The third-order valence-electron chi connectivity index (χ3n) is 2.81. The van der Waals surface area contributed by atoms with E-state index in [0.29, 0.717) is 6.04 Å². The molecular weight excluding hydrogens is 204 g/mol. The van der Waals surface area contributed by atoms with E-state index < -0.39 is 0 Å². The number of nitriles is 2. The fraction of sp³-hybridized carbons (Fsp3) is 0.727. The second kappa shape index (κ2) is 6.09. The van der Waals surface area contributed by atoms with Crippen LogP contribution in [-0.2, 0) is 4.79 Å². The Morgan fingerprint density at radius 2 is 2.06 bits per heavy atom. The van der Waals surface area contributed by atoms with Crippen molar-refractivity contribution in [3.8, 4) is 12.1 Å². The van der Waals surface area contributed by atoms with E-state index in [-0.39, 0.29) is 24.9 Å². The molecule has 86 valence electrons. The van der Waals surface area contributed by atoms with Gasteiger partial charge < -0.3 is 10.2 Å². The SMILES string of the molecule is CC1CC(C(=O)N(CC#N)CC#N)CCN1. The molecule has 0 radical (unpaired) electrons. The van der Waals surface area contributed by atoms with E-state index in [0.717, 1.165) is 19.4 Å². The molecule has 1 aliphatic heterocycles. The van der Waals surface area contributed by atoms with Gasteiger partial charge in [0, 0.05) is 12.0 Å². The fourth-order valence-corrected chi connectivity index (χ4v) is 2.00. The lowest BCUT2D eigenvalue weighted by Gasteiger charge is -2.30. The van der Waals surface area contributed by atoms with E-state index in [1.54, 1.807) is 0 Å². The zero-order valence-electron chi connectivity index (χ0n) is 9.44. The molecule has 0 aliphatic carbocycles. The molecule has 0 spiro atoms. The standard InChI is InChI=1S/C11H16N4O/c1-9-8-10(2-5-14-9)11(16)15(6-3-12)7-4-13/h9-10,14H,2,5-8H2,1H3. The second-order valence-electron chi connectivity index (χ2n) is 4.09. The minimum absolute atomic E-state index is 0.00467. The van der Waals surface area contributed by atoms with Crippen molar-refractivity contribution >= 4 is 5.91 Å². The van der Waals surface area contributed by atoms with Gasteiger partial charge in [0.1, 0.15) is 13.1 Å². The summed E-state index contributed by atoms with van der Waals surface area (Å²) in [6.45, 7) is 2.87. The average molecular weight is 220 g/mol. The highest BCUT2D eigenvalue weighted by Gasteiger charge is 2.28. The molecule has 1 heterocycles. The normalized spacial score (nSPS) is 24.2. The summed E-state index contributed by atoms with van der Waals surface area (Å²) in [6, 6.07) is 4.17. The van der Waals surface area contributed by atoms with Gasteiger partial charge in [-0.05, 0) is 26.3 Å². The van der Waals surface area contributed by atoms with Crippen LogP contribution in [0.3, 0.4) is 0 Å². The number of amides is 1. The van der Waals surface area contributed by atoms with Crippen molar-refractivity contribution in [1.29, 1.82) is 10.5 Å². The Morgan fingerprint density at radius 1 is 1.44 bits per heavy atom. The van der Waals surface area contributed by atoms with Crippen molar-refractivity contribution < 1.29 is 4.79 Å². The van der Waals surface area contributed by atoms with E-state index in [1.165, 1.54) is 4.90 Å². The van der Waals surface area contributed by atoms with Crippen LogP contribution in [0.15, 0.2) is 0 Å². The monoisotopic (exact) mass is 220 g/mol. The Hall–Kier alpha value is -1.59. The minimum atomic E-state index is -0.0588. The lowest BCUT2D eigenvalue weighted by molar-refractivity contribution is -0.135. The maximum absolute atomic E-state index is 12.0. The van der Waals surface area contributed by atoms with Gasteiger partial charge in [-0.15, -0.1) is 0 Å². The maximum atomic E-state index is 12.0. The number of nitrogens with one attached hydrogen (secondary N) is 1. The molecule has 16 heavy (non-hydrogen) atoms. The molecule has 1 fully saturated rings. The summed E-state index contributed by atoms with van der Waals surface area (Å²) in [6.07, 6.45) is 1.57. The van der Waals surface area contributed by atoms with Crippen LogP contribution < -0.4 is 5.32 Å². The molecule has 0 aromatic rings. The predicted molar refractivity (Wildman–Crippen MR) is 58.0 cm³/mol. The number of piperidine rings is 1. The number of carbonyl (C=O) groups is 1. The summed E-state index contributed by atoms with van der Waals surface area (Å²) in [5.41, 5.74) is 0. The van der Waals surface area contributed by atoms with Crippen LogP contribution in [0.1, 0.15) is 19.8 Å². The molecule has 0 saturated carbocycles. The average Bonchev–Trinajstić information content (AvgIpc) is 2.28. The van der Waals surface area contributed by atoms with Crippen LogP contribution >= 0.6 is 0 Å². The first-order valence-electron chi connectivity index (χ1n) is 5.45. The van der Waals surface area contributed by atoms with Crippen molar-refractivity contribution in [2.24, 2.45) is 5.92 Å². The van der Waals surface area contributed by atoms with Crippen molar-refractivity contribution in [3.05, 3.63) is 0 Å². The lowest BCUT2D eigenvalue weighted by atomic mass is 9.92. The Labute approximate surface area is 95.6 Å². The van der Waals surface area contributed by atoms with Gasteiger partial charge in [-0.25, -0.2) is 0 Å². The Morgan fingerprint density at radius 3 is 2.56 bits per heavy atom. The van der Waals surface area contributed by atoms with Crippen molar-refractivity contribution in [1.82, 2.24) is 10.2 Å². The van der Waals surface area contributed by atoms with Crippen molar-refractivity contribution in [2.75, 3.05) is 19.6 Å². The van der Waals surface area contributed by atoms with Crippen LogP contribution in [0.25, 0.3) is 0 Å². The summed E-state index contributed by atoms with van der Waals surface area (Å²) in [4.78, 5) is 13.4. The first-order valence-corrected chi connectivity index (χ1v) is 5.45. The molecule has 5 heteroatoms. The quantitative estimate of drug-likeness (QED) is 0.691. The lowest BCUT2D eigenvalue weighted by Crippen LogP contribution is -2.44. The Balaban J connectivity index is 2.60. The number of carbonyl (C=O) groups excluding carboxylic acids is 1.